The Morgan fingerprint density at radius 1 is 1.06 bits per heavy atom. The number of halogens is 6. The fourth-order valence-corrected chi connectivity index (χ4v) is 2.74. The minimum Gasteiger partial charge on any atom is -0.360 e. The molecule has 7 nitrogen and oxygen atoms in total. The quantitative estimate of drug-likeness (QED) is 0.599. The maximum atomic E-state index is 13.2. The molecule has 0 bridgehead atoms. The first-order valence-corrected chi connectivity index (χ1v) is 8.72. The summed E-state index contributed by atoms with van der Waals surface area (Å²) in [5.41, 5.74) is -3.42. The summed E-state index contributed by atoms with van der Waals surface area (Å²) in [6.45, 7) is -0.727. The number of anilines is 2. The van der Waals surface area contributed by atoms with Crippen molar-refractivity contribution in [3.05, 3.63) is 53.5 Å². The van der Waals surface area contributed by atoms with Gasteiger partial charge in [0.25, 0.3) is 0 Å². The summed E-state index contributed by atoms with van der Waals surface area (Å²) in [6.07, 6.45) is -7.52. The number of hydrogen-bond donors (Lipinski definition) is 1. The van der Waals surface area contributed by atoms with Crippen molar-refractivity contribution in [3.63, 3.8) is 0 Å². The number of aromatic nitrogens is 3. The van der Waals surface area contributed by atoms with Gasteiger partial charge in [-0.1, -0.05) is 0 Å². The number of likely N-dealkylation sites (N-methyl/N-ethyl adjacent to an activating group) is 1. The van der Waals surface area contributed by atoms with Gasteiger partial charge in [-0.15, -0.1) is 0 Å². The molecule has 13 heteroatoms. The number of nitriles is 1. The van der Waals surface area contributed by atoms with Crippen LogP contribution in [0.3, 0.4) is 0 Å². The molecule has 1 N–H and O–H groups in total. The number of carbonyl (C=O) groups excluding carboxylic acids is 1. The van der Waals surface area contributed by atoms with Gasteiger partial charge < -0.3 is 10.2 Å². The molecule has 166 valence electrons. The lowest BCUT2D eigenvalue weighted by atomic mass is 10.1. The Balaban J connectivity index is 1.89. The molecule has 0 fully saturated rings. The highest BCUT2D eigenvalue weighted by Gasteiger charge is 2.41. The second-order valence-electron chi connectivity index (χ2n) is 6.42. The Morgan fingerprint density at radius 2 is 1.72 bits per heavy atom. The summed E-state index contributed by atoms with van der Waals surface area (Å²) in [4.78, 5) is 24.9. The van der Waals surface area contributed by atoms with E-state index in [9.17, 15) is 31.1 Å². The number of amides is 1. The lowest BCUT2D eigenvalue weighted by Gasteiger charge is -2.19. The second-order valence-corrected chi connectivity index (χ2v) is 6.42. The number of pyridine rings is 1. The monoisotopic (exact) mass is 454 g/mol. The number of alkyl halides is 6. The van der Waals surface area contributed by atoms with Crippen LogP contribution in [0.2, 0.25) is 0 Å². The summed E-state index contributed by atoms with van der Waals surface area (Å²) < 4.78 is 78.7. The van der Waals surface area contributed by atoms with E-state index < -0.39 is 47.4 Å². The first-order chi connectivity index (χ1) is 14.9. The Kier molecular flexibility index (Phi) is 5.89. The van der Waals surface area contributed by atoms with Gasteiger partial charge in [0.1, 0.15) is 23.1 Å². The van der Waals surface area contributed by atoms with E-state index in [1.807, 2.05) is 0 Å². The topological polar surface area (TPSA) is 94.8 Å². The van der Waals surface area contributed by atoms with Gasteiger partial charge in [-0.05, 0) is 24.3 Å². The van der Waals surface area contributed by atoms with E-state index in [-0.39, 0.29) is 6.07 Å². The number of fused-ring (bicyclic) bond motifs is 1. The SMILES string of the molecule is CN(C(=O)CNc1nc(C(F)(F)F)cc(C(F)(F)F)c1C#N)c1ccc2nccnc2c1. The van der Waals surface area contributed by atoms with Crippen molar-refractivity contribution in [2.75, 3.05) is 23.8 Å². The van der Waals surface area contributed by atoms with Gasteiger partial charge >= 0.3 is 12.4 Å². The third-order valence-electron chi connectivity index (χ3n) is 4.35. The number of nitrogens with zero attached hydrogens (tertiary/aromatic N) is 5. The smallest absolute Gasteiger partial charge is 0.360 e. The summed E-state index contributed by atoms with van der Waals surface area (Å²) in [5, 5.41) is 11.2. The summed E-state index contributed by atoms with van der Waals surface area (Å²) in [7, 11) is 1.35. The maximum Gasteiger partial charge on any atom is 0.433 e. The second kappa shape index (κ2) is 8.29. The van der Waals surface area contributed by atoms with E-state index in [4.69, 9.17) is 5.26 Å². The first-order valence-electron chi connectivity index (χ1n) is 8.72. The molecule has 3 rings (SSSR count). The van der Waals surface area contributed by atoms with E-state index in [0.29, 0.717) is 16.7 Å². The normalized spacial score (nSPS) is 11.8. The molecule has 0 saturated heterocycles. The van der Waals surface area contributed by atoms with Crippen molar-refractivity contribution in [2.24, 2.45) is 0 Å². The van der Waals surface area contributed by atoms with E-state index >= 15 is 0 Å². The number of nitrogens with one attached hydrogen (secondary N) is 1. The molecule has 0 spiro atoms. The minimum absolute atomic E-state index is 0.242. The average molecular weight is 454 g/mol. The standard InChI is InChI=1S/C19H12F6N6O/c1-31(10-2-3-13-14(6-10)28-5-4-27-13)16(32)9-29-17-11(8-26)12(18(20,21)22)7-15(30-17)19(23,24)25/h2-7H,9H2,1H3,(H,29,30). The maximum absolute atomic E-state index is 13.2. The third kappa shape index (κ3) is 4.69. The first kappa shape index (κ1) is 22.7. The van der Waals surface area contributed by atoms with Crippen LogP contribution < -0.4 is 10.2 Å². The van der Waals surface area contributed by atoms with E-state index in [1.165, 1.54) is 31.6 Å². The molecule has 32 heavy (non-hydrogen) atoms. The van der Waals surface area contributed by atoms with Gasteiger partial charge in [0.15, 0.2) is 0 Å². The summed E-state index contributed by atoms with van der Waals surface area (Å²) in [5.74, 6) is -1.72. The van der Waals surface area contributed by atoms with Crippen LogP contribution in [0.1, 0.15) is 16.8 Å². The fraction of sp³-hybridized carbons (Fsp3) is 0.211. The Labute approximate surface area is 176 Å². The molecule has 3 aromatic rings. The molecule has 1 aromatic carbocycles. The summed E-state index contributed by atoms with van der Waals surface area (Å²) >= 11 is 0. The number of hydrogen-bond acceptors (Lipinski definition) is 6. The molecule has 0 aliphatic heterocycles. The molecule has 2 heterocycles. The van der Waals surface area contributed by atoms with Crippen LogP contribution in [-0.2, 0) is 17.1 Å². The zero-order chi connectivity index (χ0) is 23.7. The zero-order valence-electron chi connectivity index (χ0n) is 16.1. The Morgan fingerprint density at radius 3 is 2.31 bits per heavy atom. The van der Waals surface area contributed by atoms with Gasteiger partial charge in [0, 0.05) is 25.1 Å². The van der Waals surface area contributed by atoms with Crippen molar-refractivity contribution in [3.8, 4) is 6.07 Å². The van der Waals surface area contributed by atoms with Crippen LogP contribution in [0.5, 0.6) is 0 Å². The van der Waals surface area contributed by atoms with Gasteiger partial charge in [-0.25, -0.2) is 4.98 Å². The van der Waals surface area contributed by atoms with Crippen molar-refractivity contribution >= 4 is 28.4 Å². The highest BCUT2D eigenvalue weighted by molar-refractivity contribution is 5.97. The molecule has 2 aromatic heterocycles. The Hall–Kier alpha value is -3.95. The van der Waals surface area contributed by atoms with Crippen LogP contribution in [0.15, 0.2) is 36.7 Å². The van der Waals surface area contributed by atoms with Crippen LogP contribution in [0.4, 0.5) is 37.8 Å². The molecule has 0 radical (unpaired) electrons. The van der Waals surface area contributed by atoms with Crippen molar-refractivity contribution in [1.29, 1.82) is 5.26 Å². The van der Waals surface area contributed by atoms with Gasteiger partial charge in [0.2, 0.25) is 5.91 Å². The molecule has 0 aliphatic rings. The van der Waals surface area contributed by atoms with Gasteiger partial charge in [-0.2, -0.15) is 31.6 Å². The molecule has 0 aliphatic carbocycles. The number of rotatable bonds is 4. The molecular weight excluding hydrogens is 442 g/mol. The highest BCUT2D eigenvalue weighted by Crippen LogP contribution is 2.38. The van der Waals surface area contributed by atoms with Crippen molar-refractivity contribution in [2.45, 2.75) is 12.4 Å². The lowest BCUT2D eigenvalue weighted by Crippen LogP contribution is -2.32. The predicted molar refractivity (Wildman–Crippen MR) is 100 cm³/mol. The van der Waals surface area contributed by atoms with Crippen LogP contribution in [-0.4, -0.2) is 34.5 Å². The third-order valence-corrected chi connectivity index (χ3v) is 4.35. The number of benzene rings is 1. The minimum atomic E-state index is -5.24. The number of carbonyl (C=O) groups is 1. The van der Waals surface area contributed by atoms with Gasteiger partial charge in [0.05, 0.1) is 23.1 Å². The molecule has 1 amide bonds. The zero-order valence-corrected chi connectivity index (χ0v) is 16.1. The Bertz CT molecular complexity index is 1220. The van der Waals surface area contributed by atoms with Crippen LogP contribution in [0, 0.1) is 11.3 Å². The van der Waals surface area contributed by atoms with Crippen LogP contribution >= 0.6 is 0 Å². The van der Waals surface area contributed by atoms with Crippen molar-refractivity contribution < 1.29 is 31.1 Å². The summed E-state index contributed by atoms with van der Waals surface area (Å²) in [6, 6.07) is 5.62. The fourth-order valence-electron chi connectivity index (χ4n) is 2.74. The molecular formula is C19H12F6N6O. The van der Waals surface area contributed by atoms with E-state index in [0.717, 1.165) is 4.90 Å². The van der Waals surface area contributed by atoms with Crippen LogP contribution in [0.25, 0.3) is 11.0 Å². The van der Waals surface area contributed by atoms with Gasteiger partial charge in [-0.3, -0.25) is 14.8 Å². The average Bonchev–Trinajstić information content (AvgIpc) is 2.74. The molecule has 0 atom stereocenters. The largest absolute Gasteiger partial charge is 0.433 e. The molecule has 0 saturated carbocycles. The highest BCUT2D eigenvalue weighted by atomic mass is 19.4. The van der Waals surface area contributed by atoms with E-state index in [2.05, 4.69) is 20.3 Å². The van der Waals surface area contributed by atoms with E-state index in [1.54, 1.807) is 12.1 Å². The van der Waals surface area contributed by atoms with Crippen molar-refractivity contribution in [1.82, 2.24) is 15.0 Å². The lowest BCUT2D eigenvalue weighted by molar-refractivity contribution is -0.145. The predicted octanol–water partition coefficient (Wildman–Crippen LogP) is 4.01. The molecule has 0 unspecified atom stereocenters.